The molecule has 0 aliphatic heterocycles. The summed E-state index contributed by atoms with van der Waals surface area (Å²) in [6.45, 7) is 3.30. The maximum absolute atomic E-state index is 12.7. The average molecular weight is 250 g/mol. The van der Waals surface area contributed by atoms with Crippen molar-refractivity contribution >= 4 is 28.0 Å². The van der Waals surface area contributed by atoms with Gasteiger partial charge in [0.25, 0.3) is 0 Å². The minimum absolute atomic E-state index is 0.0270. The Morgan fingerprint density at radius 1 is 1.35 bits per heavy atom. The maximum atomic E-state index is 12.7. The molecule has 1 heterocycles. The van der Waals surface area contributed by atoms with Crippen LogP contribution in [-0.2, 0) is 0 Å². The molecule has 2 aromatic rings. The number of rotatable bonds is 3. The highest BCUT2D eigenvalue weighted by Gasteiger charge is 2.14. The smallest absolute Gasteiger partial charge is 0.164 e. The molecular formula is C12H11FN2OS. The number of hydrogen-bond acceptors (Lipinski definition) is 4. The van der Waals surface area contributed by atoms with Gasteiger partial charge in [0.2, 0.25) is 0 Å². The number of ketones is 1. The van der Waals surface area contributed by atoms with Gasteiger partial charge in [0.05, 0.1) is 11.3 Å². The minimum Gasteiger partial charge on any atom is -0.345 e. The second kappa shape index (κ2) is 4.63. The van der Waals surface area contributed by atoms with E-state index in [0.717, 1.165) is 5.69 Å². The van der Waals surface area contributed by atoms with Crippen LogP contribution in [0.25, 0.3) is 0 Å². The third kappa shape index (κ3) is 2.50. The topological polar surface area (TPSA) is 42.0 Å². The molecule has 0 bridgehead atoms. The summed E-state index contributed by atoms with van der Waals surface area (Å²) in [5, 5.41) is 3.77. The van der Waals surface area contributed by atoms with Gasteiger partial charge >= 0.3 is 0 Å². The third-order valence-corrected chi connectivity index (χ3v) is 3.17. The molecule has 2 rings (SSSR count). The number of aryl methyl sites for hydroxylation is 1. The van der Waals surface area contributed by atoms with E-state index in [4.69, 9.17) is 0 Å². The van der Waals surface area contributed by atoms with Gasteiger partial charge in [0.15, 0.2) is 5.78 Å². The van der Waals surface area contributed by atoms with Crippen LogP contribution < -0.4 is 5.32 Å². The molecule has 0 fully saturated rings. The number of carbonyl (C=O) groups excluding carboxylic acids is 1. The van der Waals surface area contributed by atoms with Gasteiger partial charge in [-0.05, 0) is 49.6 Å². The second-order valence-corrected chi connectivity index (χ2v) is 4.43. The van der Waals surface area contributed by atoms with Gasteiger partial charge in [-0.15, -0.1) is 0 Å². The van der Waals surface area contributed by atoms with E-state index >= 15 is 0 Å². The molecule has 0 radical (unpaired) electrons. The summed E-state index contributed by atoms with van der Waals surface area (Å²) < 4.78 is 16.9. The van der Waals surface area contributed by atoms with Crippen molar-refractivity contribution in [3.8, 4) is 0 Å². The predicted molar refractivity (Wildman–Crippen MR) is 66.5 cm³/mol. The fourth-order valence-corrected chi connectivity index (χ4v) is 2.40. The molecule has 0 saturated carbocycles. The second-order valence-electron chi connectivity index (χ2n) is 3.66. The number of benzene rings is 1. The van der Waals surface area contributed by atoms with Crippen LogP contribution in [0.3, 0.4) is 0 Å². The number of nitrogens with zero attached hydrogens (tertiary/aromatic N) is 1. The van der Waals surface area contributed by atoms with E-state index in [0.29, 0.717) is 16.3 Å². The lowest BCUT2D eigenvalue weighted by molar-refractivity contribution is 0.101. The summed E-state index contributed by atoms with van der Waals surface area (Å²) in [5.74, 6) is -0.316. The molecular weight excluding hydrogens is 239 g/mol. The number of nitrogens with one attached hydrogen (secondary N) is 1. The Balaban J connectivity index is 2.30. The molecule has 0 aliphatic rings. The van der Waals surface area contributed by atoms with Gasteiger partial charge in [-0.3, -0.25) is 4.79 Å². The zero-order valence-electron chi connectivity index (χ0n) is 9.45. The first-order valence-corrected chi connectivity index (χ1v) is 5.85. The summed E-state index contributed by atoms with van der Waals surface area (Å²) >= 11 is 1.23. The Bertz CT molecular complexity index is 548. The van der Waals surface area contributed by atoms with Crippen LogP contribution in [0.5, 0.6) is 0 Å². The molecule has 3 nitrogen and oxygen atoms in total. The van der Waals surface area contributed by atoms with Crippen LogP contribution in [-0.4, -0.2) is 10.2 Å². The molecule has 5 heteroatoms. The highest BCUT2D eigenvalue weighted by molar-refractivity contribution is 7.10. The van der Waals surface area contributed by atoms with Gasteiger partial charge in [0, 0.05) is 5.69 Å². The lowest BCUT2D eigenvalue weighted by atomic mass is 10.2. The van der Waals surface area contributed by atoms with Crippen LogP contribution in [0.4, 0.5) is 15.1 Å². The minimum atomic E-state index is -0.289. The number of halogens is 1. The number of aromatic nitrogens is 1. The van der Waals surface area contributed by atoms with Crippen molar-refractivity contribution in [2.24, 2.45) is 0 Å². The summed E-state index contributed by atoms with van der Waals surface area (Å²) in [5.41, 5.74) is 2.05. The fraction of sp³-hybridized carbons (Fsp3) is 0.167. The number of Topliss-reactive ketones (excluding diaryl/α,β-unsaturated/α-hetero) is 1. The van der Waals surface area contributed by atoms with Gasteiger partial charge < -0.3 is 5.32 Å². The number of carbonyl (C=O) groups is 1. The lowest BCUT2D eigenvalue weighted by Gasteiger charge is -2.04. The van der Waals surface area contributed by atoms with Crippen molar-refractivity contribution in [3.05, 3.63) is 41.3 Å². The quantitative estimate of drug-likeness (QED) is 0.847. The summed E-state index contributed by atoms with van der Waals surface area (Å²) in [4.78, 5) is 11.5. The third-order valence-electron chi connectivity index (χ3n) is 2.32. The van der Waals surface area contributed by atoms with Crippen LogP contribution in [0.15, 0.2) is 24.3 Å². The summed E-state index contributed by atoms with van der Waals surface area (Å²) in [6.07, 6.45) is 0. The van der Waals surface area contributed by atoms with Crippen LogP contribution >= 0.6 is 11.5 Å². The van der Waals surface area contributed by atoms with E-state index in [1.54, 1.807) is 19.1 Å². The average Bonchev–Trinajstić information content (AvgIpc) is 2.63. The molecule has 0 spiro atoms. The Labute approximate surface area is 102 Å². The molecule has 1 aromatic carbocycles. The first-order valence-electron chi connectivity index (χ1n) is 5.07. The monoisotopic (exact) mass is 250 g/mol. The van der Waals surface area contributed by atoms with Gasteiger partial charge in [0.1, 0.15) is 10.8 Å². The lowest BCUT2D eigenvalue weighted by Crippen LogP contribution is -1.98. The Hall–Kier alpha value is -1.75. The van der Waals surface area contributed by atoms with Crippen LogP contribution in [0, 0.1) is 12.7 Å². The van der Waals surface area contributed by atoms with E-state index in [1.807, 2.05) is 0 Å². The normalized spacial score (nSPS) is 10.3. The van der Waals surface area contributed by atoms with Gasteiger partial charge in [-0.2, -0.15) is 4.37 Å². The highest BCUT2D eigenvalue weighted by Crippen LogP contribution is 2.28. The molecule has 88 valence electrons. The SMILES string of the molecule is CC(=O)c1c(C)nsc1Nc1ccc(F)cc1. The molecule has 1 aromatic heterocycles. The summed E-state index contributed by atoms with van der Waals surface area (Å²) in [7, 11) is 0. The molecule has 17 heavy (non-hydrogen) atoms. The standard InChI is InChI=1S/C12H11FN2OS/c1-7-11(8(2)16)12(17-15-7)14-10-5-3-9(13)4-6-10/h3-6,14H,1-2H3. The van der Waals surface area contributed by atoms with E-state index in [2.05, 4.69) is 9.69 Å². The largest absolute Gasteiger partial charge is 0.345 e. The molecule has 0 atom stereocenters. The van der Waals surface area contributed by atoms with Crippen molar-refractivity contribution < 1.29 is 9.18 Å². The molecule has 0 aliphatic carbocycles. The molecule has 0 unspecified atom stereocenters. The molecule has 1 N–H and O–H groups in total. The van der Waals surface area contributed by atoms with Crippen molar-refractivity contribution in [2.75, 3.05) is 5.32 Å². The first-order chi connectivity index (χ1) is 8.08. The van der Waals surface area contributed by atoms with Crippen molar-refractivity contribution in [1.82, 2.24) is 4.37 Å². The summed E-state index contributed by atoms with van der Waals surface area (Å²) in [6, 6.07) is 5.97. The van der Waals surface area contributed by atoms with E-state index in [9.17, 15) is 9.18 Å². The van der Waals surface area contributed by atoms with E-state index in [1.165, 1.54) is 30.6 Å². The first kappa shape index (κ1) is 11.7. The van der Waals surface area contributed by atoms with Gasteiger partial charge in [-0.25, -0.2) is 4.39 Å². The fourth-order valence-electron chi connectivity index (χ4n) is 1.53. The van der Waals surface area contributed by atoms with Gasteiger partial charge in [-0.1, -0.05) is 0 Å². The maximum Gasteiger partial charge on any atom is 0.164 e. The Morgan fingerprint density at radius 2 is 2.00 bits per heavy atom. The number of hydrogen-bond donors (Lipinski definition) is 1. The van der Waals surface area contributed by atoms with Crippen LogP contribution in [0.1, 0.15) is 23.0 Å². The molecule has 0 saturated heterocycles. The van der Waals surface area contributed by atoms with Crippen molar-refractivity contribution in [3.63, 3.8) is 0 Å². The highest BCUT2D eigenvalue weighted by atomic mass is 32.1. The zero-order valence-corrected chi connectivity index (χ0v) is 10.3. The Kier molecular flexibility index (Phi) is 3.19. The van der Waals surface area contributed by atoms with Crippen molar-refractivity contribution in [1.29, 1.82) is 0 Å². The van der Waals surface area contributed by atoms with E-state index < -0.39 is 0 Å². The number of anilines is 2. The van der Waals surface area contributed by atoms with E-state index in [-0.39, 0.29) is 11.6 Å². The Morgan fingerprint density at radius 3 is 2.59 bits per heavy atom. The van der Waals surface area contributed by atoms with Crippen molar-refractivity contribution in [2.45, 2.75) is 13.8 Å². The zero-order chi connectivity index (χ0) is 12.4. The van der Waals surface area contributed by atoms with Crippen LogP contribution in [0.2, 0.25) is 0 Å². The predicted octanol–water partition coefficient (Wildman–Crippen LogP) is 3.54. The molecule has 0 amide bonds.